The predicted octanol–water partition coefficient (Wildman–Crippen LogP) is 4.59. The summed E-state index contributed by atoms with van der Waals surface area (Å²) >= 11 is 6.52. The highest BCUT2D eigenvalue weighted by atomic mass is 35.5. The SMILES string of the molecule is CC(Cc1ccc(C2CCC(O)(C(F)(F)F)CC2)c(Cl)c1)CN1CCC2(C1)CS(=O)(=O)C2. The summed E-state index contributed by atoms with van der Waals surface area (Å²) in [6.45, 7) is 4.86. The van der Waals surface area contributed by atoms with Gasteiger partial charge in [-0.25, -0.2) is 8.42 Å². The van der Waals surface area contributed by atoms with Gasteiger partial charge in [-0.1, -0.05) is 30.7 Å². The summed E-state index contributed by atoms with van der Waals surface area (Å²) in [6, 6.07) is 5.85. The van der Waals surface area contributed by atoms with Crippen LogP contribution in [-0.4, -0.2) is 61.3 Å². The van der Waals surface area contributed by atoms with Gasteiger partial charge in [-0.2, -0.15) is 13.2 Å². The lowest BCUT2D eigenvalue weighted by Gasteiger charge is -2.37. The van der Waals surface area contributed by atoms with Gasteiger partial charge in [-0.05, 0) is 74.1 Å². The molecule has 9 heteroatoms. The molecule has 32 heavy (non-hydrogen) atoms. The third kappa shape index (κ3) is 4.98. The monoisotopic (exact) mass is 493 g/mol. The maximum absolute atomic E-state index is 13.0. The molecule has 0 radical (unpaired) electrons. The average molecular weight is 494 g/mol. The van der Waals surface area contributed by atoms with Gasteiger partial charge in [0.1, 0.15) is 0 Å². The van der Waals surface area contributed by atoms with Crippen molar-refractivity contribution >= 4 is 21.4 Å². The average Bonchev–Trinajstić information content (AvgIpc) is 3.03. The van der Waals surface area contributed by atoms with Crippen molar-refractivity contribution in [1.82, 2.24) is 4.90 Å². The van der Waals surface area contributed by atoms with E-state index in [-0.39, 0.29) is 37.0 Å². The minimum atomic E-state index is -4.59. The molecule has 1 spiro atoms. The fourth-order valence-electron chi connectivity index (χ4n) is 5.94. The van der Waals surface area contributed by atoms with Crippen molar-refractivity contribution in [3.05, 3.63) is 34.3 Å². The lowest BCUT2D eigenvalue weighted by atomic mass is 9.75. The molecule has 2 heterocycles. The van der Waals surface area contributed by atoms with E-state index in [0.29, 0.717) is 22.4 Å². The van der Waals surface area contributed by atoms with Crippen LogP contribution < -0.4 is 0 Å². The number of hydrogen-bond acceptors (Lipinski definition) is 4. The largest absolute Gasteiger partial charge is 0.417 e. The molecule has 1 atom stereocenters. The van der Waals surface area contributed by atoms with Crippen molar-refractivity contribution in [1.29, 1.82) is 0 Å². The minimum Gasteiger partial charge on any atom is -0.380 e. The van der Waals surface area contributed by atoms with Gasteiger partial charge in [0.15, 0.2) is 15.4 Å². The highest BCUT2D eigenvalue weighted by Crippen LogP contribution is 2.47. The molecule has 4 rings (SSSR count). The molecule has 1 saturated carbocycles. The Morgan fingerprint density at radius 1 is 1.22 bits per heavy atom. The van der Waals surface area contributed by atoms with E-state index < -0.39 is 21.6 Å². The molecule has 1 aromatic rings. The Morgan fingerprint density at radius 2 is 1.88 bits per heavy atom. The summed E-state index contributed by atoms with van der Waals surface area (Å²) in [7, 11) is -2.82. The number of aliphatic hydroxyl groups is 1. The van der Waals surface area contributed by atoms with E-state index in [1.807, 2.05) is 18.2 Å². The van der Waals surface area contributed by atoms with Gasteiger partial charge in [-0.3, -0.25) is 0 Å². The van der Waals surface area contributed by atoms with Crippen molar-refractivity contribution in [2.45, 2.75) is 63.1 Å². The van der Waals surface area contributed by atoms with Gasteiger partial charge in [0.2, 0.25) is 0 Å². The maximum Gasteiger partial charge on any atom is 0.417 e. The van der Waals surface area contributed by atoms with Crippen LogP contribution in [0.5, 0.6) is 0 Å². The standard InChI is InChI=1S/C23H31ClF3NO3S/c1-16(12-28-9-8-21(13-28)14-32(30,31)15-21)10-17-2-3-19(20(24)11-17)18-4-6-22(29,7-5-18)23(25,26)27/h2-3,11,16,18,29H,4-10,12-15H2,1H3. The van der Waals surface area contributed by atoms with Crippen LogP contribution in [0.15, 0.2) is 18.2 Å². The summed E-state index contributed by atoms with van der Waals surface area (Å²) in [4.78, 5) is 2.36. The van der Waals surface area contributed by atoms with Crippen LogP contribution in [0.4, 0.5) is 13.2 Å². The number of benzene rings is 1. The Kier molecular flexibility index (Phi) is 6.40. The zero-order valence-corrected chi connectivity index (χ0v) is 19.9. The minimum absolute atomic E-state index is 0.0260. The number of sulfone groups is 1. The topological polar surface area (TPSA) is 57.6 Å². The number of halogens is 4. The molecular weight excluding hydrogens is 463 g/mol. The summed E-state index contributed by atoms with van der Waals surface area (Å²) < 4.78 is 62.3. The molecule has 3 aliphatic rings. The highest BCUT2D eigenvalue weighted by Gasteiger charge is 2.55. The molecule has 2 aliphatic heterocycles. The number of likely N-dealkylation sites (tertiary alicyclic amines) is 1. The number of hydrogen-bond donors (Lipinski definition) is 1. The van der Waals surface area contributed by atoms with E-state index in [1.165, 1.54) is 0 Å². The van der Waals surface area contributed by atoms with Crippen LogP contribution in [0.3, 0.4) is 0 Å². The Bertz CT molecular complexity index is 946. The first-order valence-electron chi connectivity index (χ1n) is 11.3. The van der Waals surface area contributed by atoms with Gasteiger partial charge in [0.25, 0.3) is 0 Å². The zero-order chi connectivity index (χ0) is 23.4. The summed E-state index contributed by atoms with van der Waals surface area (Å²) in [6.07, 6.45) is -2.88. The van der Waals surface area contributed by atoms with Crippen molar-refractivity contribution < 1.29 is 26.7 Å². The first-order valence-corrected chi connectivity index (χ1v) is 13.5. The molecule has 2 saturated heterocycles. The molecule has 1 aromatic carbocycles. The summed E-state index contributed by atoms with van der Waals surface area (Å²) in [5.74, 6) is 0.948. The van der Waals surface area contributed by atoms with Gasteiger partial charge < -0.3 is 10.0 Å². The van der Waals surface area contributed by atoms with Crippen LogP contribution >= 0.6 is 11.6 Å². The summed E-state index contributed by atoms with van der Waals surface area (Å²) in [5, 5.41) is 10.5. The van der Waals surface area contributed by atoms with Crippen LogP contribution in [0.25, 0.3) is 0 Å². The smallest absolute Gasteiger partial charge is 0.380 e. The van der Waals surface area contributed by atoms with Crippen LogP contribution in [-0.2, 0) is 16.3 Å². The van der Waals surface area contributed by atoms with Crippen LogP contribution in [0.1, 0.15) is 56.1 Å². The van der Waals surface area contributed by atoms with Crippen molar-refractivity contribution in [2.24, 2.45) is 11.3 Å². The third-order valence-corrected chi connectivity index (χ3v) is 10.0. The van der Waals surface area contributed by atoms with E-state index >= 15 is 0 Å². The lowest BCUT2D eigenvalue weighted by Crippen LogP contribution is -2.50. The Hall–Kier alpha value is -0.830. The van der Waals surface area contributed by atoms with Gasteiger partial charge in [-0.15, -0.1) is 0 Å². The van der Waals surface area contributed by atoms with E-state index in [4.69, 9.17) is 11.6 Å². The quantitative estimate of drug-likeness (QED) is 0.651. The second-order valence-corrected chi connectivity index (χ2v) is 13.0. The zero-order valence-electron chi connectivity index (χ0n) is 18.3. The predicted molar refractivity (Wildman–Crippen MR) is 119 cm³/mol. The maximum atomic E-state index is 13.0. The lowest BCUT2D eigenvalue weighted by molar-refractivity contribution is -0.270. The molecule has 3 fully saturated rings. The Balaban J connectivity index is 1.30. The van der Waals surface area contributed by atoms with Crippen molar-refractivity contribution in [2.75, 3.05) is 31.1 Å². The second kappa shape index (κ2) is 8.43. The van der Waals surface area contributed by atoms with Crippen molar-refractivity contribution in [3.8, 4) is 0 Å². The second-order valence-electron chi connectivity index (χ2n) is 10.5. The first kappa shape index (κ1) is 24.3. The fourth-order valence-corrected chi connectivity index (χ4v) is 8.55. The number of nitrogens with zero attached hydrogens (tertiary/aromatic N) is 1. The number of rotatable bonds is 5. The molecule has 1 N–H and O–H groups in total. The van der Waals surface area contributed by atoms with Crippen LogP contribution in [0, 0.1) is 11.3 Å². The van der Waals surface area contributed by atoms with Crippen LogP contribution in [0.2, 0.25) is 5.02 Å². The summed E-state index contributed by atoms with van der Waals surface area (Å²) in [5.41, 5.74) is -0.653. The van der Waals surface area contributed by atoms with E-state index in [9.17, 15) is 26.7 Å². The fraction of sp³-hybridized carbons (Fsp3) is 0.739. The van der Waals surface area contributed by atoms with Gasteiger partial charge >= 0.3 is 6.18 Å². The Morgan fingerprint density at radius 3 is 2.44 bits per heavy atom. The third-order valence-electron chi connectivity index (χ3n) is 7.57. The normalized spacial score (nSPS) is 30.9. The van der Waals surface area contributed by atoms with E-state index in [2.05, 4.69) is 11.8 Å². The van der Waals surface area contributed by atoms with Gasteiger partial charge in [0, 0.05) is 23.5 Å². The first-order chi connectivity index (χ1) is 14.8. The Labute approximate surface area is 193 Å². The molecule has 4 nitrogen and oxygen atoms in total. The molecule has 0 amide bonds. The molecule has 180 valence electrons. The molecule has 0 aromatic heterocycles. The van der Waals surface area contributed by atoms with Crippen molar-refractivity contribution in [3.63, 3.8) is 0 Å². The molecule has 1 aliphatic carbocycles. The van der Waals surface area contributed by atoms with E-state index in [1.54, 1.807) is 0 Å². The van der Waals surface area contributed by atoms with Gasteiger partial charge in [0.05, 0.1) is 11.5 Å². The molecular formula is C23H31ClF3NO3S. The molecule has 1 unspecified atom stereocenters. The van der Waals surface area contributed by atoms with E-state index in [0.717, 1.165) is 43.6 Å². The molecule has 0 bridgehead atoms. The highest BCUT2D eigenvalue weighted by molar-refractivity contribution is 7.92. The number of alkyl halides is 3.